The summed E-state index contributed by atoms with van der Waals surface area (Å²) in [6.07, 6.45) is 0. The first-order valence-electron chi connectivity index (χ1n) is 3.12. The predicted octanol–water partition coefficient (Wildman–Crippen LogP) is 1.86. The summed E-state index contributed by atoms with van der Waals surface area (Å²) in [6.45, 7) is 0.734. The van der Waals surface area contributed by atoms with E-state index in [9.17, 15) is 0 Å². The van der Waals surface area contributed by atoms with Crippen LogP contribution in [-0.2, 0) is 6.54 Å². The lowest BCUT2D eigenvalue weighted by molar-refractivity contribution is 0.736. The van der Waals surface area contributed by atoms with Gasteiger partial charge in [0.05, 0.1) is 0 Å². The Balaban J connectivity index is 3.00. The molecule has 1 aromatic rings. The van der Waals surface area contributed by atoms with E-state index in [-0.39, 0.29) is 0 Å². The van der Waals surface area contributed by atoms with Gasteiger partial charge in [-0.3, -0.25) is 11.3 Å². The van der Waals surface area contributed by atoms with Crippen molar-refractivity contribution in [2.75, 3.05) is 0 Å². The standard InChI is InChI=1S/C7H8I2N2/c8-6-2-1-3-7(9)5(6)4-11-10/h1-3,11H,4,10H2. The smallest absolute Gasteiger partial charge is 0.0369 e. The highest BCUT2D eigenvalue weighted by Crippen LogP contribution is 2.18. The quantitative estimate of drug-likeness (QED) is 0.472. The molecular formula is C7H8I2N2. The van der Waals surface area contributed by atoms with Crippen LogP contribution >= 0.6 is 45.2 Å². The maximum atomic E-state index is 5.24. The van der Waals surface area contributed by atoms with Gasteiger partial charge in [-0.1, -0.05) is 6.07 Å². The molecule has 0 heterocycles. The first kappa shape index (κ1) is 9.69. The summed E-state index contributed by atoms with van der Waals surface area (Å²) < 4.78 is 2.51. The molecule has 0 unspecified atom stereocenters. The second-order valence-electron chi connectivity index (χ2n) is 2.08. The number of hydrazine groups is 1. The highest BCUT2D eigenvalue weighted by molar-refractivity contribution is 14.1. The summed E-state index contributed by atoms with van der Waals surface area (Å²) in [5.41, 5.74) is 3.93. The topological polar surface area (TPSA) is 38.0 Å². The van der Waals surface area contributed by atoms with Gasteiger partial charge in [-0.15, -0.1) is 0 Å². The van der Waals surface area contributed by atoms with Crippen LogP contribution in [0.25, 0.3) is 0 Å². The fraction of sp³-hybridized carbons (Fsp3) is 0.143. The van der Waals surface area contributed by atoms with Crippen molar-refractivity contribution in [2.45, 2.75) is 6.54 Å². The van der Waals surface area contributed by atoms with Crippen LogP contribution in [0.3, 0.4) is 0 Å². The van der Waals surface area contributed by atoms with Crippen molar-refractivity contribution in [2.24, 2.45) is 5.84 Å². The van der Waals surface area contributed by atoms with Crippen molar-refractivity contribution in [1.82, 2.24) is 5.43 Å². The number of halogens is 2. The van der Waals surface area contributed by atoms with Gasteiger partial charge in [0.2, 0.25) is 0 Å². The first-order chi connectivity index (χ1) is 5.25. The Bertz CT molecular complexity index is 230. The summed E-state index contributed by atoms with van der Waals surface area (Å²) in [5, 5.41) is 0. The van der Waals surface area contributed by atoms with Crippen molar-refractivity contribution in [3.8, 4) is 0 Å². The van der Waals surface area contributed by atoms with Gasteiger partial charge in [-0.05, 0) is 62.9 Å². The van der Waals surface area contributed by atoms with E-state index >= 15 is 0 Å². The van der Waals surface area contributed by atoms with Crippen LogP contribution < -0.4 is 11.3 Å². The van der Waals surface area contributed by atoms with Crippen LogP contribution in [0.15, 0.2) is 18.2 Å². The van der Waals surface area contributed by atoms with E-state index in [2.05, 4.69) is 62.7 Å². The first-order valence-corrected chi connectivity index (χ1v) is 5.28. The second-order valence-corrected chi connectivity index (χ2v) is 4.41. The Morgan fingerprint density at radius 3 is 2.27 bits per heavy atom. The Labute approximate surface area is 93.2 Å². The van der Waals surface area contributed by atoms with Crippen LogP contribution in [0, 0.1) is 7.14 Å². The maximum Gasteiger partial charge on any atom is 0.0369 e. The third kappa shape index (κ3) is 2.53. The lowest BCUT2D eigenvalue weighted by atomic mass is 10.2. The lowest BCUT2D eigenvalue weighted by Gasteiger charge is -2.05. The molecule has 0 saturated carbocycles. The average molecular weight is 374 g/mol. The largest absolute Gasteiger partial charge is 0.271 e. The summed E-state index contributed by atoms with van der Waals surface area (Å²) in [6, 6.07) is 6.20. The lowest BCUT2D eigenvalue weighted by Crippen LogP contribution is -2.22. The van der Waals surface area contributed by atoms with Gasteiger partial charge < -0.3 is 0 Å². The zero-order valence-corrected chi connectivity index (χ0v) is 10.1. The minimum absolute atomic E-state index is 0.734. The molecule has 2 nitrogen and oxygen atoms in total. The third-order valence-electron chi connectivity index (χ3n) is 1.34. The SMILES string of the molecule is NNCc1c(I)cccc1I. The van der Waals surface area contributed by atoms with Gasteiger partial charge in [0.1, 0.15) is 0 Å². The molecule has 60 valence electrons. The van der Waals surface area contributed by atoms with Crippen LogP contribution in [0.4, 0.5) is 0 Å². The zero-order chi connectivity index (χ0) is 8.27. The number of benzene rings is 1. The number of nitrogens with one attached hydrogen (secondary N) is 1. The van der Waals surface area contributed by atoms with E-state index in [1.165, 1.54) is 12.7 Å². The average Bonchev–Trinajstić information content (AvgIpc) is 1.97. The van der Waals surface area contributed by atoms with Gasteiger partial charge in [0.15, 0.2) is 0 Å². The van der Waals surface area contributed by atoms with Gasteiger partial charge in [-0.25, -0.2) is 0 Å². The van der Waals surface area contributed by atoms with Gasteiger partial charge in [-0.2, -0.15) is 0 Å². The highest BCUT2D eigenvalue weighted by atomic mass is 127. The second kappa shape index (κ2) is 4.58. The zero-order valence-electron chi connectivity index (χ0n) is 5.77. The van der Waals surface area contributed by atoms with Gasteiger partial charge >= 0.3 is 0 Å². The monoisotopic (exact) mass is 374 g/mol. The fourth-order valence-corrected chi connectivity index (χ4v) is 2.70. The van der Waals surface area contributed by atoms with Crippen molar-refractivity contribution < 1.29 is 0 Å². The summed E-state index contributed by atoms with van der Waals surface area (Å²) in [5.74, 6) is 5.24. The molecule has 3 N–H and O–H groups in total. The van der Waals surface area contributed by atoms with Crippen LogP contribution in [0.5, 0.6) is 0 Å². The predicted molar refractivity (Wildman–Crippen MR) is 62.9 cm³/mol. The Morgan fingerprint density at radius 2 is 1.82 bits per heavy atom. The van der Waals surface area contributed by atoms with Gasteiger partial charge in [0, 0.05) is 13.7 Å². The molecule has 0 aliphatic rings. The van der Waals surface area contributed by atoms with Crippen molar-refractivity contribution in [3.05, 3.63) is 30.9 Å². The minimum Gasteiger partial charge on any atom is -0.271 e. The molecule has 4 heteroatoms. The van der Waals surface area contributed by atoms with E-state index in [0.717, 1.165) is 6.54 Å². The molecule has 0 fully saturated rings. The molecule has 0 aliphatic heterocycles. The van der Waals surface area contributed by atoms with E-state index in [4.69, 9.17) is 5.84 Å². The van der Waals surface area contributed by atoms with E-state index in [0.29, 0.717) is 0 Å². The van der Waals surface area contributed by atoms with E-state index < -0.39 is 0 Å². The molecule has 0 aromatic heterocycles. The normalized spacial score (nSPS) is 10.1. The Hall–Kier alpha value is 0.600. The minimum atomic E-state index is 0.734. The molecule has 1 aromatic carbocycles. The molecule has 0 bridgehead atoms. The molecule has 0 spiro atoms. The maximum absolute atomic E-state index is 5.24. The molecule has 0 atom stereocenters. The highest BCUT2D eigenvalue weighted by Gasteiger charge is 2.01. The molecule has 0 saturated heterocycles. The number of hydrogen-bond donors (Lipinski definition) is 2. The van der Waals surface area contributed by atoms with E-state index in [1.54, 1.807) is 0 Å². The van der Waals surface area contributed by atoms with Crippen molar-refractivity contribution in [1.29, 1.82) is 0 Å². The van der Waals surface area contributed by atoms with Crippen LogP contribution in [0.1, 0.15) is 5.56 Å². The third-order valence-corrected chi connectivity index (χ3v) is 3.36. The number of hydrogen-bond acceptors (Lipinski definition) is 2. The Morgan fingerprint density at radius 1 is 1.27 bits per heavy atom. The molecule has 1 rings (SSSR count). The molecule has 0 aliphatic carbocycles. The fourth-order valence-electron chi connectivity index (χ4n) is 0.803. The van der Waals surface area contributed by atoms with E-state index in [1.807, 2.05) is 6.07 Å². The number of nitrogens with two attached hydrogens (primary N) is 1. The molecule has 0 amide bonds. The summed E-state index contributed by atoms with van der Waals surface area (Å²) in [4.78, 5) is 0. The Kier molecular flexibility index (Phi) is 4.04. The molecular weight excluding hydrogens is 366 g/mol. The number of rotatable bonds is 2. The summed E-state index contributed by atoms with van der Waals surface area (Å²) in [7, 11) is 0. The molecule has 11 heavy (non-hydrogen) atoms. The van der Waals surface area contributed by atoms with Crippen LogP contribution in [-0.4, -0.2) is 0 Å². The van der Waals surface area contributed by atoms with Crippen molar-refractivity contribution in [3.63, 3.8) is 0 Å². The van der Waals surface area contributed by atoms with Gasteiger partial charge in [0.25, 0.3) is 0 Å². The van der Waals surface area contributed by atoms with Crippen LogP contribution in [0.2, 0.25) is 0 Å². The molecule has 0 radical (unpaired) electrons. The van der Waals surface area contributed by atoms with Crippen molar-refractivity contribution >= 4 is 45.2 Å². The summed E-state index contributed by atoms with van der Waals surface area (Å²) >= 11 is 4.62.